The number of anilines is 1. The number of nitrogens with one attached hydrogen (secondary N) is 1. The van der Waals surface area contributed by atoms with Crippen LogP contribution in [-0.4, -0.2) is 70.3 Å². The average molecular weight is 649 g/mol. The molecule has 232 valence electrons. The van der Waals surface area contributed by atoms with E-state index in [1.165, 1.54) is 24.7 Å². The molecule has 2 aromatic carbocycles. The summed E-state index contributed by atoms with van der Waals surface area (Å²) in [6, 6.07) is 11.1. The Balaban J connectivity index is 1.13. The first kappa shape index (κ1) is 30.4. The van der Waals surface area contributed by atoms with Gasteiger partial charge in [-0.1, -0.05) is 24.3 Å². The van der Waals surface area contributed by atoms with Gasteiger partial charge in [0.05, 0.1) is 41.9 Å². The van der Waals surface area contributed by atoms with Crippen LogP contribution in [0.4, 0.5) is 23.4 Å². The number of likely N-dealkylation sites (N-methyl/N-ethyl adjacent to an activating group) is 1. The molecule has 0 spiro atoms. The second-order valence-electron chi connectivity index (χ2n) is 11.0. The predicted octanol–water partition coefficient (Wildman–Crippen LogP) is 4.88. The number of aliphatic hydroxyl groups excluding tert-OH is 1. The van der Waals surface area contributed by atoms with Crippen molar-refractivity contribution >= 4 is 48.3 Å². The third-order valence-electron chi connectivity index (χ3n) is 7.86. The van der Waals surface area contributed by atoms with Crippen LogP contribution in [0.3, 0.4) is 0 Å². The molecule has 0 aliphatic heterocycles. The Bertz CT molecular complexity index is 1940. The lowest BCUT2D eigenvalue weighted by Gasteiger charge is -2.28. The van der Waals surface area contributed by atoms with Gasteiger partial charge in [0.25, 0.3) is 10.0 Å². The Kier molecular flexibility index (Phi) is 7.84. The summed E-state index contributed by atoms with van der Waals surface area (Å²) in [7, 11) is -1.92. The van der Waals surface area contributed by atoms with Crippen molar-refractivity contribution in [2.75, 3.05) is 18.2 Å². The zero-order valence-electron chi connectivity index (χ0n) is 23.6. The summed E-state index contributed by atoms with van der Waals surface area (Å²) in [4.78, 5) is 10.9. The van der Waals surface area contributed by atoms with Crippen molar-refractivity contribution in [2.45, 2.75) is 50.2 Å². The number of aromatic nitrogens is 4. The van der Waals surface area contributed by atoms with Gasteiger partial charge in [0.2, 0.25) is 0 Å². The fourth-order valence-electron chi connectivity index (χ4n) is 5.83. The van der Waals surface area contributed by atoms with E-state index in [-0.39, 0.29) is 22.5 Å². The fraction of sp³-hybridized carbons (Fsp3) is 0.345. The van der Waals surface area contributed by atoms with Crippen LogP contribution in [-0.2, 0) is 23.0 Å². The van der Waals surface area contributed by atoms with Crippen LogP contribution >= 0.6 is 11.3 Å². The minimum absolute atomic E-state index is 0.0256. The van der Waals surface area contributed by atoms with Gasteiger partial charge in [-0.25, -0.2) is 22.8 Å². The maximum absolute atomic E-state index is 14.4. The lowest BCUT2D eigenvalue weighted by Crippen LogP contribution is -2.38. The van der Waals surface area contributed by atoms with Crippen molar-refractivity contribution in [3.63, 3.8) is 0 Å². The molecule has 1 fully saturated rings. The Morgan fingerprint density at radius 2 is 1.86 bits per heavy atom. The highest BCUT2D eigenvalue weighted by atomic mass is 32.2. The lowest BCUT2D eigenvalue weighted by molar-refractivity contribution is -0.126. The van der Waals surface area contributed by atoms with E-state index in [1.54, 1.807) is 7.05 Å². The monoisotopic (exact) mass is 648 g/mol. The molecule has 0 saturated heterocycles. The largest absolute Gasteiger partial charge is 0.393 e. The normalized spacial score (nSPS) is 19.3. The maximum atomic E-state index is 14.4. The number of halogens is 4. The van der Waals surface area contributed by atoms with Crippen LogP contribution in [0.2, 0.25) is 0 Å². The summed E-state index contributed by atoms with van der Waals surface area (Å²) < 4.78 is 78.2. The first-order chi connectivity index (χ1) is 20.8. The smallest absolute Gasteiger partial charge is 0.391 e. The molecule has 1 saturated carbocycles. The Morgan fingerprint density at radius 3 is 2.57 bits per heavy atom. The van der Waals surface area contributed by atoms with E-state index in [2.05, 4.69) is 20.4 Å². The molecule has 1 aliphatic rings. The van der Waals surface area contributed by atoms with Crippen molar-refractivity contribution in [1.29, 1.82) is 0 Å². The van der Waals surface area contributed by atoms with E-state index in [0.29, 0.717) is 51.9 Å². The standard InChI is InChI=1S/C29H28F4N6O3S2/c1-38(27-22-11-20(12-29(31,32)33)43-28(22)36-15-35-27)25-9-19(10-26(25)40)34-13-16-3-5-17(6-4-16)21-7-18(30)8-24-23(21)14-37-39(24)44(2,41)42/h3-8,11,14-15,19,25-26,34,40H,9-10,12-13H2,1-2H3/t19-,25+,26-/m1/s1. The highest BCUT2D eigenvalue weighted by Gasteiger charge is 2.37. The highest BCUT2D eigenvalue weighted by molar-refractivity contribution is 7.89. The van der Waals surface area contributed by atoms with E-state index in [4.69, 9.17) is 0 Å². The van der Waals surface area contributed by atoms with Gasteiger partial charge >= 0.3 is 6.18 Å². The Morgan fingerprint density at radius 1 is 1.11 bits per heavy atom. The molecule has 15 heteroatoms. The molecule has 0 unspecified atom stereocenters. The minimum atomic E-state index is -4.32. The van der Waals surface area contributed by atoms with E-state index in [0.717, 1.165) is 33.3 Å². The molecule has 3 aromatic heterocycles. The molecule has 44 heavy (non-hydrogen) atoms. The Labute approximate surface area is 254 Å². The third-order valence-corrected chi connectivity index (χ3v) is 9.82. The Hall–Kier alpha value is -3.66. The van der Waals surface area contributed by atoms with E-state index < -0.39 is 34.5 Å². The second-order valence-corrected chi connectivity index (χ2v) is 14.0. The number of rotatable bonds is 8. The van der Waals surface area contributed by atoms with E-state index >= 15 is 0 Å². The van der Waals surface area contributed by atoms with Crippen LogP contribution in [0.25, 0.3) is 32.2 Å². The van der Waals surface area contributed by atoms with Crippen molar-refractivity contribution in [1.82, 2.24) is 24.5 Å². The van der Waals surface area contributed by atoms with Crippen molar-refractivity contribution < 1.29 is 31.1 Å². The lowest BCUT2D eigenvalue weighted by atomic mass is 10.0. The highest BCUT2D eigenvalue weighted by Crippen LogP contribution is 2.36. The van der Waals surface area contributed by atoms with Crippen molar-refractivity contribution in [3.8, 4) is 11.1 Å². The maximum Gasteiger partial charge on any atom is 0.393 e. The van der Waals surface area contributed by atoms with Gasteiger partial charge in [0, 0.05) is 36.0 Å². The van der Waals surface area contributed by atoms with E-state index in [1.807, 2.05) is 29.2 Å². The molecule has 3 atom stereocenters. The number of thiophene rings is 1. The molecule has 5 aromatic rings. The first-order valence-corrected chi connectivity index (χ1v) is 16.3. The summed E-state index contributed by atoms with van der Waals surface area (Å²) in [6.45, 7) is 0.502. The van der Waals surface area contributed by atoms with Gasteiger partial charge in [0.1, 0.15) is 22.8 Å². The summed E-state index contributed by atoms with van der Waals surface area (Å²) in [5, 5.41) is 19.3. The number of fused-ring (bicyclic) bond motifs is 2. The van der Waals surface area contributed by atoms with Crippen LogP contribution in [0.5, 0.6) is 0 Å². The molecular formula is C29H28F4N6O3S2. The third kappa shape index (κ3) is 6.14. The summed E-state index contributed by atoms with van der Waals surface area (Å²) in [6.07, 6.45) is -1.22. The first-order valence-electron chi connectivity index (χ1n) is 13.7. The molecule has 9 nitrogen and oxygen atoms in total. The van der Waals surface area contributed by atoms with Gasteiger partial charge in [0.15, 0.2) is 0 Å². The number of hydrogen-bond donors (Lipinski definition) is 2. The SMILES string of the molecule is CN(c1ncnc2sc(CC(F)(F)F)cc12)[C@H]1C[C@@H](NCc2ccc(-c3cc(F)cc4c3cnn4S(C)(=O)=O)cc2)C[C@H]1O. The van der Waals surface area contributed by atoms with E-state index in [9.17, 15) is 31.1 Å². The predicted molar refractivity (Wildman–Crippen MR) is 161 cm³/mol. The van der Waals surface area contributed by atoms with Crippen LogP contribution in [0, 0.1) is 5.82 Å². The van der Waals surface area contributed by atoms with Gasteiger partial charge in [-0.2, -0.15) is 22.4 Å². The number of hydrogen-bond acceptors (Lipinski definition) is 9. The van der Waals surface area contributed by atoms with Gasteiger partial charge in [-0.3, -0.25) is 0 Å². The molecule has 3 heterocycles. The molecule has 0 amide bonds. The molecular weight excluding hydrogens is 620 g/mol. The van der Waals surface area contributed by atoms with Gasteiger partial charge in [-0.15, -0.1) is 11.3 Å². The van der Waals surface area contributed by atoms with Gasteiger partial charge < -0.3 is 15.3 Å². The van der Waals surface area contributed by atoms with Crippen molar-refractivity contribution in [3.05, 3.63) is 71.2 Å². The fourth-order valence-corrected chi connectivity index (χ4v) is 7.58. The second kappa shape index (κ2) is 11.4. The number of benzene rings is 2. The summed E-state index contributed by atoms with van der Waals surface area (Å²) in [5.74, 6) is -0.0973. The van der Waals surface area contributed by atoms with Crippen LogP contribution in [0.15, 0.2) is 55.0 Å². The zero-order chi connectivity index (χ0) is 31.4. The molecule has 0 bridgehead atoms. The summed E-state index contributed by atoms with van der Waals surface area (Å²) >= 11 is 0.988. The molecule has 6 rings (SSSR count). The zero-order valence-corrected chi connectivity index (χ0v) is 25.2. The molecule has 2 N–H and O–H groups in total. The van der Waals surface area contributed by atoms with Crippen LogP contribution in [0.1, 0.15) is 23.3 Å². The van der Waals surface area contributed by atoms with Crippen molar-refractivity contribution in [2.24, 2.45) is 0 Å². The number of nitrogens with zero attached hydrogens (tertiary/aromatic N) is 5. The number of aliphatic hydroxyl groups is 1. The average Bonchev–Trinajstić information content (AvgIpc) is 3.66. The topological polar surface area (TPSA) is 113 Å². The van der Waals surface area contributed by atoms with Crippen LogP contribution < -0.4 is 10.2 Å². The summed E-state index contributed by atoms with van der Waals surface area (Å²) in [5.41, 5.74) is 2.34. The van der Waals surface area contributed by atoms with Gasteiger partial charge in [-0.05, 0) is 41.7 Å². The minimum Gasteiger partial charge on any atom is -0.391 e. The molecule has 0 radical (unpaired) electrons. The number of alkyl halides is 3. The molecule has 1 aliphatic carbocycles. The quantitative estimate of drug-likeness (QED) is 0.229.